The van der Waals surface area contributed by atoms with Gasteiger partial charge in [0.25, 0.3) is 0 Å². The van der Waals surface area contributed by atoms with Gasteiger partial charge in [0.05, 0.1) is 0 Å². The number of hydrogen-bond acceptors (Lipinski definition) is 1. The molecule has 0 spiro atoms. The maximum absolute atomic E-state index is 3.71. The largest absolute Gasteiger partial charge is 0.357 e. The van der Waals surface area contributed by atoms with Gasteiger partial charge in [0.1, 0.15) is 0 Å². The molecule has 1 fully saturated rings. The molecule has 1 atom stereocenters. The Labute approximate surface area is 78.9 Å². The Hall–Kier alpha value is -0.760. The summed E-state index contributed by atoms with van der Waals surface area (Å²) in [5, 5.41) is 3.71. The van der Waals surface area contributed by atoms with Crippen LogP contribution in [0, 0.1) is 0 Å². The molecule has 2 aliphatic carbocycles. The topological polar surface area (TPSA) is 17.0 Å². The summed E-state index contributed by atoms with van der Waals surface area (Å²) < 4.78 is 2.19. The summed E-state index contributed by atoms with van der Waals surface area (Å²) in [5.41, 5.74) is 3.11. The summed E-state index contributed by atoms with van der Waals surface area (Å²) in [6, 6.07) is 1.49. The van der Waals surface area contributed by atoms with Gasteiger partial charge >= 0.3 is 0 Å². The summed E-state index contributed by atoms with van der Waals surface area (Å²) in [5.74, 6) is 0. The normalized spacial score (nSPS) is 26.4. The van der Waals surface area contributed by atoms with E-state index in [1.165, 1.54) is 25.7 Å². The zero-order valence-electron chi connectivity index (χ0n) is 8.09. The van der Waals surface area contributed by atoms with Gasteiger partial charge < -0.3 is 9.88 Å². The van der Waals surface area contributed by atoms with Gasteiger partial charge in [0.2, 0.25) is 0 Å². The quantitative estimate of drug-likeness (QED) is 0.726. The Morgan fingerprint density at radius 1 is 1.31 bits per heavy atom. The number of rotatable bonds is 2. The number of nitrogens with one attached hydrogen (secondary N) is 1. The minimum atomic E-state index is 0.656. The molecule has 0 aromatic carbocycles. The molecule has 2 nitrogen and oxygen atoms in total. The van der Waals surface area contributed by atoms with Crippen molar-refractivity contribution < 1.29 is 0 Å². The van der Waals surface area contributed by atoms with E-state index in [0.717, 1.165) is 6.04 Å². The predicted molar refractivity (Wildman–Crippen MR) is 52.6 cm³/mol. The highest BCUT2D eigenvalue weighted by atomic mass is 15.0. The summed E-state index contributed by atoms with van der Waals surface area (Å²) >= 11 is 0. The summed E-state index contributed by atoms with van der Waals surface area (Å²) in [6.45, 7) is 0. The van der Waals surface area contributed by atoms with E-state index in [1.807, 2.05) is 0 Å². The third kappa shape index (κ3) is 1.29. The lowest BCUT2D eigenvalue weighted by molar-refractivity contribution is 0.524. The molecule has 1 unspecified atom stereocenters. The second kappa shape index (κ2) is 2.61. The van der Waals surface area contributed by atoms with Gasteiger partial charge in [-0.3, -0.25) is 0 Å². The maximum Gasteiger partial charge on any atom is 0.0343 e. The van der Waals surface area contributed by atoms with Gasteiger partial charge in [-0.05, 0) is 36.8 Å². The first-order chi connectivity index (χ1) is 6.33. The van der Waals surface area contributed by atoms with Crippen LogP contribution in [-0.2, 0) is 13.5 Å². The second-order valence-electron chi connectivity index (χ2n) is 4.44. The van der Waals surface area contributed by atoms with Crippen molar-refractivity contribution in [2.24, 2.45) is 7.05 Å². The predicted octanol–water partition coefficient (Wildman–Crippen LogP) is 1.76. The molecule has 0 saturated heterocycles. The molecular formula is C11H16N2. The second-order valence-corrected chi connectivity index (χ2v) is 4.44. The minimum absolute atomic E-state index is 0.656. The number of fused-ring (bicyclic) bond motifs is 1. The highest BCUT2D eigenvalue weighted by molar-refractivity contribution is 5.32. The Kier molecular flexibility index (Phi) is 1.53. The van der Waals surface area contributed by atoms with Crippen molar-refractivity contribution in [3.63, 3.8) is 0 Å². The smallest absolute Gasteiger partial charge is 0.0343 e. The maximum atomic E-state index is 3.71. The molecule has 0 bridgehead atoms. The van der Waals surface area contributed by atoms with Crippen LogP contribution >= 0.6 is 0 Å². The fraction of sp³-hybridized carbons (Fsp3) is 0.636. The lowest BCUT2D eigenvalue weighted by atomic mass is 10.2. The zero-order valence-corrected chi connectivity index (χ0v) is 8.09. The molecule has 2 heteroatoms. The average molecular weight is 176 g/mol. The van der Waals surface area contributed by atoms with Crippen LogP contribution in [0.5, 0.6) is 0 Å². The molecule has 1 aromatic rings. The first kappa shape index (κ1) is 7.63. The highest BCUT2D eigenvalue weighted by Crippen LogP contribution is 2.34. The molecule has 70 valence electrons. The molecule has 1 heterocycles. The van der Waals surface area contributed by atoms with Gasteiger partial charge in [-0.25, -0.2) is 0 Å². The third-order valence-electron chi connectivity index (χ3n) is 3.16. The molecule has 1 aromatic heterocycles. The van der Waals surface area contributed by atoms with Crippen LogP contribution in [0.25, 0.3) is 0 Å². The van der Waals surface area contributed by atoms with Gasteiger partial charge in [0, 0.05) is 31.5 Å². The van der Waals surface area contributed by atoms with Crippen LogP contribution in [0.3, 0.4) is 0 Å². The molecule has 1 N–H and O–H groups in total. The van der Waals surface area contributed by atoms with Crippen molar-refractivity contribution in [1.82, 2.24) is 9.88 Å². The standard InChI is InChI=1S/C11H16N2/c1-13-6-8-2-5-11(10(8)7-13)12-9-3-4-9/h6-7,9,11-12H,2-5H2,1H3. The molecule has 1 saturated carbocycles. The molecule has 0 aliphatic heterocycles. The number of hydrogen-bond donors (Lipinski definition) is 1. The van der Waals surface area contributed by atoms with Crippen molar-refractivity contribution in [2.45, 2.75) is 37.8 Å². The van der Waals surface area contributed by atoms with Crippen LogP contribution in [-0.4, -0.2) is 10.6 Å². The zero-order chi connectivity index (χ0) is 8.84. The van der Waals surface area contributed by atoms with Gasteiger partial charge in [-0.15, -0.1) is 0 Å². The molecule has 13 heavy (non-hydrogen) atoms. The summed E-state index contributed by atoms with van der Waals surface area (Å²) in [6.07, 6.45) is 9.90. The van der Waals surface area contributed by atoms with E-state index in [4.69, 9.17) is 0 Å². The van der Waals surface area contributed by atoms with Crippen LogP contribution in [0.2, 0.25) is 0 Å². The van der Waals surface area contributed by atoms with Gasteiger partial charge in [-0.2, -0.15) is 0 Å². The van der Waals surface area contributed by atoms with Crippen molar-refractivity contribution in [1.29, 1.82) is 0 Å². The fourth-order valence-corrected chi connectivity index (χ4v) is 2.35. The fourth-order valence-electron chi connectivity index (χ4n) is 2.35. The average Bonchev–Trinajstić information content (AvgIpc) is 2.73. The van der Waals surface area contributed by atoms with Crippen molar-refractivity contribution >= 4 is 0 Å². The van der Waals surface area contributed by atoms with E-state index < -0.39 is 0 Å². The van der Waals surface area contributed by atoms with E-state index in [9.17, 15) is 0 Å². The van der Waals surface area contributed by atoms with Crippen LogP contribution in [0.15, 0.2) is 12.4 Å². The number of nitrogens with zero attached hydrogens (tertiary/aromatic N) is 1. The Morgan fingerprint density at radius 2 is 2.15 bits per heavy atom. The summed E-state index contributed by atoms with van der Waals surface area (Å²) in [4.78, 5) is 0. The minimum Gasteiger partial charge on any atom is -0.357 e. The Morgan fingerprint density at radius 3 is 2.92 bits per heavy atom. The third-order valence-corrected chi connectivity index (χ3v) is 3.16. The molecule has 3 rings (SSSR count). The molecular weight excluding hydrogens is 160 g/mol. The van der Waals surface area contributed by atoms with Crippen LogP contribution in [0.1, 0.15) is 36.4 Å². The molecule has 0 radical (unpaired) electrons. The van der Waals surface area contributed by atoms with Crippen molar-refractivity contribution in [2.75, 3.05) is 0 Å². The lowest BCUT2D eigenvalue weighted by Gasteiger charge is -2.11. The van der Waals surface area contributed by atoms with E-state index in [1.54, 1.807) is 11.1 Å². The number of aromatic nitrogens is 1. The van der Waals surface area contributed by atoms with E-state index in [-0.39, 0.29) is 0 Å². The molecule has 2 aliphatic rings. The van der Waals surface area contributed by atoms with E-state index in [2.05, 4.69) is 29.3 Å². The van der Waals surface area contributed by atoms with E-state index in [0.29, 0.717) is 6.04 Å². The Balaban J connectivity index is 1.83. The van der Waals surface area contributed by atoms with Gasteiger partial charge in [0.15, 0.2) is 0 Å². The highest BCUT2D eigenvalue weighted by Gasteiger charge is 2.29. The first-order valence-corrected chi connectivity index (χ1v) is 5.24. The van der Waals surface area contributed by atoms with Crippen molar-refractivity contribution in [3.05, 3.63) is 23.5 Å². The monoisotopic (exact) mass is 176 g/mol. The first-order valence-electron chi connectivity index (χ1n) is 5.24. The van der Waals surface area contributed by atoms with Gasteiger partial charge in [-0.1, -0.05) is 0 Å². The van der Waals surface area contributed by atoms with Crippen molar-refractivity contribution in [3.8, 4) is 0 Å². The number of aryl methyl sites for hydroxylation is 2. The lowest BCUT2D eigenvalue weighted by Crippen LogP contribution is -2.21. The summed E-state index contributed by atoms with van der Waals surface area (Å²) in [7, 11) is 2.12. The van der Waals surface area contributed by atoms with Crippen LogP contribution < -0.4 is 5.32 Å². The van der Waals surface area contributed by atoms with Crippen LogP contribution in [0.4, 0.5) is 0 Å². The SMILES string of the molecule is Cn1cc2c(c1)C(NC1CC1)CC2. The molecule has 0 amide bonds. The van der Waals surface area contributed by atoms with E-state index >= 15 is 0 Å². The Bertz CT molecular complexity index is 323.